The minimum absolute atomic E-state index is 0.560. The van der Waals surface area contributed by atoms with Crippen molar-refractivity contribution < 1.29 is 0 Å². The number of rotatable bonds is 6. The zero-order chi connectivity index (χ0) is 12.3. The van der Waals surface area contributed by atoms with Crippen molar-refractivity contribution in [3.8, 4) is 0 Å². The molecule has 4 N–H and O–H groups in total. The Morgan fingerprint density at radius 3 is 2.71 bits per heavy atom. The highest BCUT2D eigenvalue weighted by Gasteiger charge is 2.13. The van der Waals surface area contributed by atoms with Crippen molar-refractivity contribution >= 4 is 17.7 Å². The van der Waals surface area contributed by atoms with Crippen LogP contribution in [-0.2, 0) is 0 Å². The topological polar surface area (TPSA) is 62.4 Å². The van der Waals surface area contributed by atoms with E-state index in [9.17, 15) is 0 Å². The molecule has 100 valence electrons. The summed E-state index contributed by atoms with van der Waals surface area (Å²) < 4.78 is 0. The zero-order valence-corrected chi connectivity index (χ0v) is 11.7. The van der Waals surface area contributed by atoms with E-state index in [2.05, 4.69) is 22.0 Å². The number of hydrogen-bond acceptors (Lipinski definition) is 3. The fourth-order valence-corrected chi connectivity index (χ4v) is 2.62. The van der Waals surface area contributed by atoms with E-state index in [1.54, 1.807) is 0 Å². The van der Waals surface area contributed by atoms with E-state index in [1.165, 1.54) is 44.3 Å². The van der Waals surface area contributed by atoms with Crippen LogP contribution < -0.4 is 16.6 Å². The maximum absolute atomic E-state index is 5.48. The van der Waals surface area contributed by atoms with Crippen LogP contribution in [0.1, 0.15) is 44.9 Å². The van der Waals surface area contributed by atoms with Gasteiger partial charge in [0.25, 0.3) is 0 Å². The van der Waals surface area contributed by atoms with E-state index in [1.807, 2.05) is 11.8 Å². The number of hydrazine groups is 1. The molecule has 0 atom stereocenters. The third-order valence-electron chi connectivity index (χ3n) is 3.11. The fraction of sp³-hybridized carbons (Fsp3) is 0.917. The number of aliphatic imine (C=N–C) groups is 1. The molecule has 0 radical (unpaired) electrons. The van der Waals surface area contributed by atoms with Gasteiger partial charge in [-0.2, -0.15) is 11.8 Å². The number of hydrogen-bond donors (Lipinski definition) is 3. The van der Waals surface area contributed by atoms with E-state index < -0.39 is 0 Å². The summed E-state index contributed by atoms with van der Waals surface area (Å²) in [4.78, 5) is 4.47. The molecule has 4 nitrogen and oxygen atoms in total. The monoisotopic (exact) mass is 258 g/mol. The molecule has 5 heteroatoms. The Morgan fingerprint density at radius 2 is 2.06 bits per heavy atom. The molecule has 0 aliphatic heterocycles. The average molecular weight is 258 g/mol. The van der Waals surface area contributed by atoms with Crippen molar-refractivity contribution in [3.63, 3.8) is 0 Å². The van der Waals surface area contributed by atoms with Gasteiger partial charge in [0, 0.05) is 12.6 Å². The molecule has 0 aromatic carbocycles. The van der Waals surface area contributed by atoms with Crippen LogP contribution in [0.3, 0.4) is 0 Å². The molecule has 1 aliphatic rings. The van der Waals surface area contributed by atoms with Crippen LogP contribution in [0.25, 0.3) is 0 Å². The van der Waals surface area contributed by atoms with Crippen molar-refractivity contribution in [2.75, 3.05) is 18.6 Å². The molecule has 0 aromatic rings. The van der Waals surface area contributed by atoms with Crippen LogP contribution in [-0.4, -0.2) is 30.6 Å². The van der Waals surface area contributed by atoms with E-state index in [4.69, 9.17) is 5.84 Å². The minimum atomic E-state index is 0.560. The number of thioether (sulfide) groups is 1. The van der Waals surface area contributed by atoms with Crippen molar-refractivity contribution in [1.29, 1.82) is 0 Å². The zero-order valence-electron chi connectivity index (χ0n) is 10.9. The van der Waals surface area contributed by atoms with E-state index in [0.29, 0.717) is 6.04 Å². The molecule has 0 amide bonds. The Balaban J connectivity index is 2.18. The average Bonchev–Trinajstić information content (AvgIpc) is 2.38. The summed E-state index contributed by atoms with van der Waals surface area (Å²) in [6.45, 7) is 0.861. The largest absolute Gasteiger partial charge is 0.353 e. The lowest BCUT2D eigenvalue weighted by Gasteiger charge is -2.24. The van der Waals surface area contributed by atoms with Crippen molar-refractivity contribution in [2.45, 2.75) is 51.0 Å². The molecule has 0 aromatic heterocycles. The Hall–Kier alpha value is -0.420. The number of nitrogens with zero attached hydrogens (tertiary/aromatic N) is 1. The van der Waals surface area contributed by atoms with Gasteiger partial charge in [-0.05, 0) is 37.7 Å². The Bertz CT molecular complexity index is 215. The number of nitrogens with one attached hydrogen (secondary N) is 2. The first-order chi connectivity index (χ1) is 8.36. The first kappa shape index (κ1) is 14.6. The van der Waals surface area contributed by atoms with Gasteiger partial charge < -0.3 is 5.32 Å². The van der Waals surface area contributed by atoms with Gasteiger partial charge in [0.15, 0.2) is 0 Å². The Labute approximate surface area is 109 Å². The van der Waals surface area contributed by atoms with Gasteiger partial charge in [0.2, 0.25) is 5.96 Å². The highest BCUT2D eigenvalue weighted by Crippen LogP contribution is 2.17. The summed E-state index contributed by atoms with van der Waals surface area (Å²) in [5.41, 5.74) is 2.67. The molecule has 1 rings (SSSR count). The van der Waals surface area contributed by atoms with Gasteiger partial charge >= 0.3 is 0 Å². The Kier molecular flexibility index (Phi) is 8.26. The van der Waals surface area contributed by atoms with Crippen LogP contribution in [0.2, 0.25) is 0 Å². The van der Waals surface area contributed by atoms with Crippen molar-refractivity contribution in [3.05, 3.63) is 0 Å². The van der Waals surface area contributed by atoms with Crippen LogP contribution in [0.4, 0.5) is 0 Å². The van der Waals surface area contributed by atoms with Crippen LogP contribution >= 0.6 is 11.8 Å². The van der Waals surface area contributed by atoms with Gasteiger partial charge in [-0.15, -0.1) is 0 Å². The first-order valence-electron chi connectivity index (χ1n) is 6.63. The molecule has 17 heavy (non-hydrogen) atoms. The molecule has 1 saturated carbocycles. The second kappa shape index (κ2) is 9.59. The summed E-state index contributed by atoms with van der Waals surface area (Å²) in [5.74, 6) is 7.47. The first-order valence-corrected chi connectivity index (χ1v) is 8.02. The van der Waals surface area contributed by atoms with Gasteiger partial charge in [-0.3, -0.25) is 10.4 Å². The number of unbranched alkanes of at least 4 members (excludes halogenated alkanes) is 1. The molecule has 0 spiro atoms. The molecule has 0 saturated heterocycles. The van der Waals surface area contributed by atoms with E-state index in [0.717, 1.165) is 18.9 Å². The molecule has 1 aliphatic carbocycles. The quantitative estimate of drug-likeness (QED) is 0.224. The second-order valence-electron chi connectivity index (χ2n) is 4.55. The maximum atomic E-state index is 5.48. The smallest absolute Gasteiger partial charge is 0.205 e. The van der Waals surface area contributed by atoms with Gasteiger partial charge in [0.05, 0.1) is 0 Å². The SMILES string of the molecule is CSCCCCN=C(NN)NC1CCCCC1. The predicted molar refractivity (Wildman–Crippen MR) is 77.2 cm³/mol. The standard InChI is InChI=1S/C12H26N4S/c1-17-10-6-5-9-14-12(16-13)15-11-7-3-2-4-8-11/h11H,2-10,13H2,1H3,(H2,14,15,16). The highest BCUT2D eigenvalue weighted by molar-refractivity contribution is 7.98. The third kappa shape index (κ3) is 6.78. The second-order valence-corrected chi connectivity index (χ2v) is 5.54. The third-order valence-corrected chi connectivity index (χ3v) is 3.81. The molecular weight excluding hydrogens is 232 g/mol. The van der Waals surface area contributed by atoms with Gasteiger partial charge in [-0.1, -0.05) is 19.3 Å². The van der Waals surface area contributed by atoms with E-state index >= 15 is 0 Å². The lowest BCUT2D eigenvalue weighted by molar-refractivity contribution is 0.410. The molecule has 0 unspecified atom stereocenters. The van der Waals surface area contributed by atoms with Crippen LogP contribution in [0.5, 0.6) is 0 Å². The summed E-state index contributed by atoms with van der Waals surface area (Å²) in [7, 11) is 0. The lowest BCUT2D eigenvalue weighted by atomic mass is 9.96. The van der Waals surface area contributed by atoms with Crippen LogP contribution in [0.15, 0.2) is 4.99 Å². The van der Waals surface area contributed by atoms with Crippen molar-refractivity contribution in [1.82, 2.24) is 10.7 Å². The summed E-state index contributed by atoms with van der Waals surface area (Å²) in [6, 6.07) is 0.560. The Morgan fingerprint density at radius 1 is 1.29 bits per heavy atom. The van der Waals surface area contributed by atoms with Crippen LogP contribution in [0, 0.1) is 0 Å². The minimum Gasteiger partial charge on any atom is -0.353 e. The maximum Gasteiger partial charge on any atom is 0.205 e. The summed E-state index contributed by atoms with van der Waals surface area (Å²) >= 11 is 1.89. The summed E-state index contributed by atoms with van der Waals surface area (Å²) in [6.07, 6.45) is 11.0. The lowest BCUT2D eigenvalue weighted by Crippen LogP contribution is -2.47. The fourth-order valence-electron chi connectivity index (χ4n) is 2.12. The van der Waals surface area contributed by atoms with Gasteiger partial charge in [0.1, 0.15) is 0 Å². The molecule has 1 fully saturated rings. The normalized spacial score (nSPS) is 18.1. The van der Waals surface area contributed by atoms with E-state index in [-0.39, 0.29) is 0 Å². The molecule has 0 bridgehead atoms. The molecular formula is C12H26N4S. The van der Waals surface area contributed by atoms with Gasteiger partial charge in [-0.25, -0.2) is 5.84 Å². The summed E-state index contributed by atoms with van der Waals surface area (Å²) in [5, 5.41) is 3.41. The number of guanidine groups is 1. The predicted octanol–water partition coefficient (Wildman–Crippen LogP) is 1.87. The molecule has 0 heterocycles. The highest BCUT2D eigenvalue weighted by atomic mass is 32.2. The van der Waals surface area contributed by atoms with Crippen molar-refractivity contribution in [2.24, 2.45) is 10.8 Å². The number of nitrogens with two attached hydrogens (primary N) is 1.